The van der Waals surface area contributed by atoms with Crippen LogP contribution < -0.4 is 10.6 Å². The molecule has 0 aromatic carbocycles. The van der Waals surface area contributed by atoms with Crippen molar-refractivity contribution in [2.45, 2.75) is 50.6 Å². The molecule has 4 rings (SSSR count). The zero-order valence-corrected chi connectivity index (χ0v) is 14.0. The average molecular weight is 350 g/mol. The maximum Gasteiger partial charge on any atom is 0.224 e. The van der Waals surface area contributed by atoms with Crippen LogP contribution in [-0.4, -0.2) is 56.6 Å². The first kappa shape index (κ1) is 16.5. The Hall–Kier alpha value is -2.00. The van der Waals surface area contributed by atoms with Crippen LogP contribution in [0.25, 0.3) is 11.2 Å². The van der Waals surface area contributed by atoms with Crippen LogP contribution >= 0.6 is 0 Å². The van der Waals surface area contributed by atoms with Gasteiger partial charge in [0.05, 0.1) is 12.9 Å². The van der Waals surface area contributed by atoms with E-state index in [2.05, 4.69) is 19.9 Å². The third-order valence-electron chi connectivity index (χ3n) is 4.98. The summed E-state index contributed by atoms with van der Waals surface area (Å²) in [4.78, 5) is 15.4. The molecule has 2 aromatic heterocycles. The fourth-order valence-electron chi connectivity index (χ4n) is 3.66. The molecule has 0 saturated carbocycles. The highest BCUT2D eigenvalue weighted by molar-refractivity contribution is 5.84. The molecule has 2 aliphatic rings. The first-order valence-corrected chi connectivity index (χ1v) is 8.82. The van der Waals surface area contributed by atoms with E-state index in [1.165, 1.54) is 12.8 Å². The van der Waals surface area contributed by atoms with Crippen LogP contribution in [0.3, 0.4) is 0 Å². The number of aliphatic hydroxyl groups excluding tert-OH is 1. The van der Waals surface area contributed by atoms with Crippen molar-refractivity contribution in [1.29, 1.82) is 0 Å². The molecule has 0 amide bonds. The van der Waals surface area contributed by atoms with E-state index in [0.29, 0.717) is 11.2 Å². The highest BCUT2D eigenvalue weighted by Crippen LogP contribution is 2.34. The van der Waals surface area contributed by atoms with Crippen LogP contribution in [0.5, 0.6) is 0 Å². The lowest BCUT2D eigenvalue weighted by Gasteiger charge is -2.22. The third kappa shape index (κ3) is 3.02. The first-order chi connectivity index (χ1) is 12.2. The lowest BCUT2D eigenvalue weighted by molar-refractivity contribution is -0.0323. The minimum absolute atomic E-state index is 0.152. The Morgan fingerprint density at radius 2 is 2.00 bits per heavy atom. The summed E-state index contributed by atoms with van der Waals surface area (Å²) in [6.45, 7) is 1.48. The second-order valence-electron chi connectivity index (χ2n) is 6.69. The molecule has 2 fully saturated rings. The van der Waals surface area contributed by atoms with Crippen LogP contribution in [0.1, 0.15) is 38.3 Å². The largest absolute Gasteiger partial charge is 0.394 e. The van der Waals surface area contributed by atoms with Gasteiger partial charge in [-0.3, -0.25) is 4.57 Å². The van der Waals surface area contributed by atoms with Gasteiger partial charge in [-0.25, -0.2) is 9.37 Å². The molecule has 0 spiro atoms. The number of aromatic nitrogens is 4. The van der Waals surface area contributed by atoms with Gasteiger partial charge in [0.1, 0.15) is 18.5 Å². The fourth-order valence-corrected chi connectivity index (χ4v) is 3.66. The van der Waals surface area contributed by atoms with Gasteiger partial charge in [-0.05, 0) is 12.8 Å². The van der Waals surface area contributed by atoms with Crippen molar-refractivity contribution in [2.75, 3.05) is 30.3 Å². The predicted octanol–water partition coefficient (Wildman–Crippen LogP) is 1.41. The van der Waals surface area contributed by atoms with Crippen molar-refractivity contribution in [3.63, 3.8) is 0 Å². The van der Waals surface area contributed by atoms with Crippen molar-refractivity contribution in [1.82, 2.24) is 19.5 Å². The van der Waals surface area contributed by atoms with Crippen molar-refractivity contribution in [3.8, 4) is 0 Å². The molecule has 0 aliphatic carbocycles. The summed E-state index contributed by atoms with van der Waals surface area (Å²) in [6, 6.07) is 0. The molecule has 136 valence electrons. The molecule has 3 N–H and O–H groups in total. The number of hydrogen-bond donors (Lipinski definition) is 2. The lowest BCUT2D eigenvalue weighted by Crippen LogP contribution is -2.26. The van der Waals surface area contributed by atoms with Crippen LogP contribution in [0.2, 0.25) is 0 Å². The minimum atomic E-state index is -1.21. The van der Waals surface area contributed by atoms with Gasteiger partial charge in [-0.2, -0.15) is 9.97 Å². The maximum atomic E-state index is 13.9. The van der Waals surface area contributed by atoms with Gasteiger partial charge >= 0.3 is 0 Å². The van der Waals surface area contributed by atoms with Crippen molar-refractivity contribution < 1.29 is 14.2 Å². The fraction of sp³-hybridized carbons (Fsp3) is 0.688. The minimum Gasteiger partial charge on any atom is -0.394 e. The Balaban J connectivity index is 1.71. The third-order valence-corrected chi connectivity index (χ3v) is 4.98. The Morgan fingerprint density at radius 3 is 2.68 bits per heavy atom. The number of hydrogen-bond acceptors (Lipinski definition) is 7. The van der Waals surface area contributed by atoms with Gasteiger partial charge in [0, 0.05) is 19.5 Å². The standard InChI is InChI=1S/C16H23FN6O2/c17-10-7-12(25-11(10)8-24)23-9-19-13-14(20-16(18)21-15(13)23)22-5-3-1-2-4-6-22/h9-12,24H,1-8H2,(H2,18,20,21)/t10-,11+,12+/m0/s1. The Kier molecular flexibility index (Phi) is 4.43. The van der Waals surface area contributed by atoms with Gasteiger partial charge in [0.15, 0.2) is 17.0 Å². The van der Waals surface area contributed by atoms with E-state index in [9.17, 15) is 9.50 Å². The molecular formula is C16H23FN6O2. The number of rotatable bonds is 3. The van der Waals surface area contributed by atoms with E-state index >= 15 is 0 Å². The van der Waals surface area contributed by atoms with Crippen molar-refractivity contribution >= 4 is 22.9 Å². The number of ether oxygens (including phenoxy) is 1. The van der Waals surface area contributed by atoms with Crippen LogP contribution in [0.15, 0.2) is 6.33 Å². The molecular weight excluding hydrogens is 327 g/mol. The topological polar surface area (TPSA) is 102 Å². The van der Waals surface area contributed by atoms with E-state index in [1.807, 2.05) is 0 Å². The zero-order valence-electron chi connectivity index (χ0n) is 14.0. The van der Waals surface area contributed by atoms with Crippen molar-refractivity contribution in [2.24, 2.45) is 0 Å². The van der Waals surface area contributed by atoms with E-state index in [0.717, 1.165) is 31.7 Å². The molecule has 25 heavy (non-hydrogen) atoms. The van der Waals surface area contributed by atoms with Gasteiger partial charge in [-0.1, -0.05) is 12.8 Å². The summed E-state index contributed by atoms with van der Waals surface area (Å²) in [6.07, 6.45) is 3.82. The number of nitrogen functional groups attached to an aromatic ring is 1. The molecule has 9 heteroatoms. The molecule has 2 aliphatic heterocycles. The number of imidazole rings is 1. The Morgan fingerprint density at radius 1 is 1.24 bits per heavy atom. The molecule has 3 atom stereocenters. The number of fused-ring (bicyclic) bond motifs is 1. The molecule has 2 saturated heterocycles. The predicted molar refractivity (Wildman–Crippen MR) is 90.9 cm³/mol. The Bertz CT molecular complexity index is 746. The smallest absolute Gasteiger partial charge is 0.224 e. The molecule has 4 heterocycles. The van der Waals surface area contributed by atoms with Gasteiger partial charge in [0.25, 0.3) is 0 Å². The molecule has 8 nitrogen and oxygen atoms in total. The summed E-state index contributed by atoms with van der Waals surface area (Å²) in [5, 5.41) is 9.21. The van der Waals surface area contributed by atoms with E-state index < -0.39 is 18.5 Å². The number of nitrogens with zero attached hydrogens (tertiary/aromatic N) is 5. The lowest BCUT2D eigenvalue weighted by atomic mass is 10.2. The molecule has 0 unspecified atom stereocenters. The van der Waals surface area contributed by atoms with Crippen LogP contribution in [0.4, 0.5) is 16.2 Å². The highest BCUT2D eigenvalue weighted by atomic mass is 19.1. The molecule has 0 bridgehead atoms. The number of halogens is 1. The monoisotopic (exact) mass is 350 g/mol. The quantitative estimate of drug-likeness (QED) is 0.863. The zero-order chi connectivity index (χ0) is 17.4. The summed E-state index contributed by atoms with van der Waals surface area (Å²) in [7, 11) is 0. The second-order valence-corrected chi connectivity index (χ2v) is 6.69. The molecule has 2 aromatic rings. The second kappa shape index (κ2) is 6.72. The molecule has 0 radical (unpaired) electrons. The van der Waals surface area contributed by atoms with Crippen molar-refractivity contribution in [3.05, 3.63) is 6.33 Å². The number of alkyl halides is 1. The van der Waals surface area contributed by atoms with E-state index in [4.69, 9.17) is 10.5 Å². The Labute approximate surface area is 144 Å². The number of aliphatic hydroxyl groups is 1. The van der Waals surface area contributed by atoms with E-state index in [-0.39, 0.29) is 19.0 Å². The highest BCUT2D eigenvalue weighted by Gasteiger charge is 2.37. The SMILES string of the molecule is Nc1nc(N2CCCCCC2)c2ncn([C@H]3C[C@H](F)[C@@H](CO)O3)c2n1. The summed E-state index contributed by atoms with van der Waals surface area (Å²) in [5.74, 6) is 0.902. The van der Waals surface area contributed by atoms with Gasteiger partial charge in [0.2, 0.25) is 5.95 Å². The summed E-state index contributed by atoms with van der Waals surface area (Å²) >= 11 is 0. The van der Waals surface area contributed by atoms with E-state index in [1.54, 1.807) is 10.9 Å². The van der Waals surface area contributed by atoms with Gasteiger partial charge in [-0.15, -0.1) is 0 Å². The van der Waals surface area contributed by atoms with Crippen LogP contribution in [-0.2, 0) is 4.74 Å². The first-order valence-electron chi connectivity index (χ1n) is 8.82. The number of anilines is 2. The summed E-state index contributed by atoms with van der Waals surface area (Å²) in [5.41, 5.74) is 7.13. The normalized spacial score (nSPS) is 27.8. The maximum absolute atomic E-state index is 13.9. The average Bonchev–Trinajstić information content (AvgIpc) is 3.06. The summed E-state index contributed by atoms with van der Waals surface area (Å²) < 4.78 is 21.2. The van der Waals surface area contributed by atoms with Crippen LogP contribution in [0, 0.1) is 0 Å². The van der Waals surface area contributed by atoms with Gasteiger partial charge < -0.3 is 20.5 Å². The number of nitrogens with two attached hydrogens (primary N) is 1.